The fourth-order valence-electron chi connectivity index (χ4n) is 0. The van der Waals surface area contributed by atoms with Gasteiger partial charge < -0.3 is 0 Å². The van der Waals surface area contributed by atoms with Gasteiger partial charge in [-0.3, -0.25) is 0 Å². The summed E-state index contributed by atoms with van der Waals surface area (Å²) < 4.78 is 11.4. The molecule has 0 N–H and O–H groups in total. The minimum atomic E-state index is -0.616. The molecule has 0 aromatic heterocycles. The lowest BCUT2D eigenvalue weighted by atomic mass is 10.4. The largest absolute Gasteiger partial charge is 0.248 e. The van der Waals surface area contributed by atoms with Crippen LogP contribution in [0.2, 0.25) is 0 Å². The van der Waals surface area contributed by atoms with Crippen LogP contribution in [0.1, 0.15) is 47.0 Å². The van der Waals surface area contributed by atoms with Crippen LogP contribution >= 0.6 is 0 Å². The van der Waals surface area contributed by atoms with Crippen molar-refractivity contribution in [2.24, 2.45) is 0 Å². The Balaban J connectivity index is 0. The van der Waals surface area contributed by atoms with Gasteiger partial charge in [-0.25, -0.2) is 4.39 Å². The molecule has 0 aromatic carbocycles. The van der Waals surface area contributed by atoms with Gasteiger partial charge in [0.1, 0.15) is 0 Å². The molecule has 0 bridgehead atoms. The van der Waals surface area contributed by atoms with E-state index in [2.05, 4.69) is 13.8 Å². The summed E-state index contributed by atoms with van der Waals surface area (Å²) in [6.07, 6.45) is 2.66. The summed E-state index contributed by atoms with van der Waals surface area (Å²) >= 11 is 0. The third kappa shape index (κ3) is 32.5. The number of unbranched alkanes of at least 4 members (excludes halogenated alkanes) is 1. The first-order valence-electron chi connectivity index (χ1n) is 3.83. The van der Waals surface area contributed by atoms with Gasteiger partial charge in [-0.2, -0.15) is 0 Å². The summed E-state index contributed by atoms with van der Waals surface area (Å²) in [5.74, 6) is 0. The highest BCUT2D eigenvalue weighted by atomic mass is 19.1. The summed E-state index contributed by atoms with van der Waals surface area (Å²) in [7, 11) is 0. The predicted molar refractivity (Wildman–Crippen MR) is 41.4 cm³/mol. The first kappa shape index (κ1) is 11.7. The molecule has 9 heavy (non-hydrogen) atoms. The van der Waals surface area contributed by atoms with Gasteiger partial charge in [-0.05, 0) is 13.3 Å². The van der Waals surface area contributed by atoms with Gasteiger partial charge in [0.15, 0.2) is 0 Å². The maximum absolute atomic E-state index is 11.4. The van der Waals surface area contributed by atoms with E-state index in [4.69, 9.17) is 0 Å². The van der Waals surface area contributed by atoms with E-state index in [0.29, 0.717) is 6.42 Å². The van der Waals surface area contributed by atoms with Crippen molar-refractivity contribution in [1.29, 1.82) is 0 Å². The van der Waals surface area contributed by atoms with Crippen LogP contribution in [0.5, 0.6) is 0 Å². The maximum atomic E-state index is 11.4. The third-order valence-electron chi connectivity index (χ3n) is 1.06. The first-order chi connectivity index (χ1) is 4.18. The van der Waals surface area contributed by atoms with Crippen molar-refractivity contribution in [2.45, 2.75) is 53.1 Å². The van der Waals surface area contributed by atoms with E-state index in [1.165, 1.54) is 12.8 Å². The fraction of sp³-hybridized carbons (Fsp3) is 1.00. The van der Waals surface area contributed by atoms with Crippen molar-refractivity contribution in [2.75, 3.05) is 0 Å². The third-order valence-corrected chi connectivity index (χ3v) is 1.06. The lowest BCUT2D eigenvalue weighted by Crippen LogP contribution is -1.83. The molecule has 0 aliphatic heterocycles. The smallest absolute Gasteiger partial charge is 0.0971 e. The number of hydrogen-bond acceptors (Lipinski definition) is 0. The zero-order chi connectivity index (χ0) is 7.70. The molecule has 0 nitrogen and oxygen atoms in total. The van der Waals surface area contributed by atoms with Crippen molar-refractivity contribution in [3.8, 4) is 0 Å². The minimum Gasteiger partial charge on any atom is -0.248 e. The molecule has 0 aliphatic rings. The van der Waals surface area contributed by atoms with Crippen molar-refractivity contribution in [1.82, 2.24) is 0 Å². The topological polar surface area (TPSA) is 0 Å². The molecule has 0 radical (unpaired) electrons. The Bertz CT molecular complexity index is 31.5. The van der Waals surface area contributed by atoms with E-state index in [-0.39, 0.29) is 0 Å². The maximum Gasteiger partial charge on any atom is 0.0971 e. The Hall–Kier alpha value is -0.0700. The highest BCUT2D eigenvalue weighted by Crippen LogP contribution is 1.90. The molecule has 1 atom stereocenters. The van der Waals surface area contributed by atoms with Gasteiger partial charge in [-0.15, -0.1) is 0 Å². The van der Waals surface area contributed by atoms with E-state index in [1.807, 2.05) is 6.92 Å². The van der Waals surface area contributed by atoms with E-state index in [0.717, 1.165) is 0 Å². The molecule has 1 unspecified atom stereocenters. The molecule has 0 aliphatic carbocycles. The molecule has 0 rings (SSSR count). The van der Waals surface area contributed by atoms with Crippen molar-refractivity contribution in [3.63, 3.8) is 0 Å². The summed E-state index contributed by atoms with van der Waals surface area (Å²) in [4.78, 5) is 0. The van der Waals surface area contributed by atoms with Crippen LogP contribution in [0.4, 0.5) is 4.39 Å². The second-order valence-electron chi connectivity index (χ2n) is 2.19. The number of rotatable bonds is 2. The van der Waals surface area contributed by atoms with Crippen LogP contribution in [0, 0.1) is 0 Å². The Kier molecular flexibility index (Phi) is 14.1. The number of hydrogen-bond donors (Lipinski definition) is 0. The lowest BCUT2D eigenvalue weighted by molar-refractivity contribution is 0.352. The second-order valence-corrected chi connectivity index (χ2v) is 2.19. The van der Waals surface area contributed by atoms with Gasteiger partial charge in [0.2, 0.25) is 0 Å². The van der Waals surface area contributed by atoms with Crippen molar-refractivity contribution in [3.05, 3.63) is 0 Å². The second kappa shape index (κ2) is 10.8. The molecule has 0 heterocycles. The van der Waals surface area contributed by atoms with E-state index in [1.54, 1.807) is 6.92 Å². The van der Waals surface area contributed by atoms with Crippen LogP contribution in [0.15, 0.2) is 0 Å². The van der Waals surface area contributed by atoms with Crippen LogP contribution in [-0.2, 0) is 0 Å². The summed E-state index contributed by atoms with van der Waals surface area (Å²) in [5, 5.41) is 0. The summed E-state index contributed by atoms with van der Waals surface area (Å²) in [6, 6.07) is 0. The minimum absolute atomic E-state index is 0.616. The first-order valence-corrected chi connectivity index (χ1v) is 3.83. The molecule has 0 amide bonds. The Morgan fingerprint density at radius 3 is 1.33 bits per heavy atom. The standard InChI is InChI=1S/C4H9F.C4H10/c1-3-4(2)5;1-3-4-2/h4H,3H2,1-2H3;3-4H2,1-2H3. The molecule has 0 aromatic rings. The van der Waals surface area contributed by atoms with E-state index in [9.17, 15) is 4.39 Å². The number of alkyl halides is 1. The van der Waals surface area contributed by atoms with Crippen LogP contribution in [0.25, 0.3) is 0 Å². The highest BCUT2D eigenvalue weighted by molar-refractivity contribution is 4.35. The summed E-state index contributed by atoms with van der Waals surface area (Å²) in [5.41, 5.74) is 0. The van der Waals surface area contributed by atoms with Gasteiger partial charge in [0, 0.05) is 0 Å². The van der Waals surface area contributed by atoms with Gasteiger partial charge in [0.25, 0.3) is 0 Å². The molecule has 58 valence electrons. The van der Waals surface area contributed by atoms with Crippen LogP contribution < -0.4 is 0 Å². The van der Waals surface area contributed by atoms with Crippen LogP contribution in [0.3, 0.4) is 0 Å². The average molecular weight is 134 g/mol. The Morgan fingerprint density at radius 2 is 1.33 bits per heavy atom. The molecular formula is C8H19F. The normalized spacial score (nSPS) is 11.7. The highest BCUT2D eigenvalue weighted by Gasteiger charge is 1.85. The molecule has 1 heteroatoms. The van der Waals surface area contributed by atoms with Crippen molar-refractivity contribution < 1.29 is 4.39 Å². The SMILES string of the molecule is CCC(C)F.CCCC. The molecule has 0 saturated heterocycles. The summed E-state index contributed by atoms with van der Waals surface area (Å²) in [6.45, 7) is 7.74. The Morgan fingerprint density at radius 1 is 1.11 bits per heavy atom. The van der Waals surface area contributed by atoms with Gasteiger partial charge in [0.05, 0.1) is 6.17 Å². The molecule has 0 fully saturated rings. The number of halogens is 1. The van der Waals surface area contributed by atoms with Gasteiger partial charge >= 0.3 is 0 Å². The van der Waals surface area contributed by atoms with Crippen molar-refractivity contribution >= 4 is 0 Å². The zero-order valence-corrected chi connectivity index (χ0v) is 7.08. The zero-order valence-electron chi connectivity index (χ0n) is 7.08. The lowest BCUT2D eigenvalue weighted by Gasteiger charge is -1.86. The quantitative estimate of drug-likeness (QED) is 0.541. The van der Waals surface area contributed by atoms with E-state index < -0.39 is 6.17 Å². The monoisotopic (exact) mass is 134 g/mol. The Labute approximate surface area is 58.5 Å². The fourth-order valence-corrected chi connectivity index (χ4v) is 0. The molecule has 0 spiro atoms. The van der Waals surface area contributed by atoms with Crippen LogP contribution in [-0.4, -0.2) is 6.17 Å². The average Bonchev–Trinajstić information content (AvgIpc) is 1.89. The predicted octanol–water partition coefficient (Wildman–Crippen LogP) is 3.56. The van der Waals surface area contributed by atoms with Gasteiger partial charge in [-0.1, -0.05) is 33.6 Å². The molecular weight excluding hydrogens is 115 g/mol. The van der Waals surface area contributed by atoms with E-state index >= 15 is 0 Å². The molecule has 0 saturated carbocycles.